The largest absolute Gasteiger partial charge is 0.383 e. The molecule has 0 N–H and O–H groups in total. The van der Waals surface area contributed by atoms with Crippen molar-refractivity contribution in [2.24, 2.45) is 5.92 Å². The quantitative estimate of drug-likeness (QED) is 0.762. The molecule has 2 aromatic rings. The first-order chi connectivity index (χ1) is 9.88. The van der Waals surface area contributed by atoms with Crippen molar-refractivity contribution in [1.29, 1.82) is 0 Å². The van der Waals surface area contributed by atoms with Crippen molar-refractivity contribution in [1.82, 2.24) is 9.55 Å². The maximum absolute atomic E-state index is 14.3. The van der Waals surface area contributed by atoms with Crippen molar-refractivity contribution in [3.8, 4) is 0 Å². The second-order valence-corrected chi connectivity index (χ2v) is 6.11. The van der Waals surface area contributed by atoms with Crippen molar-refractivity contribution < 1.29 is 13.5 Å². The van der Waals surface area contributed by atoms with E-state index in [1.54, 1.807) is 18.6 Å². The zero-order valence-electron chi connectivity index (χ0n) is 12.5. The second-order valence-electron chi connectivity index (χ2n) is 5.45. The third-order valence-electron chi connectivity index (χ3n) is 3.56. The van der Waals surface area contributed by atoms with Crippen LogP contribution in [0.2, 0.25) is 0 Å². The summed E-state index contributed by atoms with van der Waals surface area (Å²) in [5.74, 6) is -1.12. The highest BCUT2D eigenvalue weighted by Gasteiger charge is 2.26. The molecule has 0 aliphatic heterocycles. The minimum absolute atomic E-state index is 0.147. The van der Waals surface area contributed by atoms with Crippen molar-refractivity contribution in [3.63, 3.8) is 0 Å². The molecule has 0 saturated carbocycles. The SMILES string of the molecule is COCC(C(C)C)n1c(C(C)Cl)nc2ccc(F)c(F)c21. The van der Waals surface area contributed by atoms with Gasteiger partial charge in [-0.3, -0.25) is 0 Å². The Morgan fingerprint density at radius 2 is 1.95 bits per heavy atom. The Hall–Kier alpha value is -1.20. The van der Waals surface area contributed by atoms with E-state index in [1.165, 1.54) is 6.07 Å². The van der Waals surface area contributed by atoms with E-state index in [-0.39, 0.29) is 17.5 Å². The highest BCUT2D eigenvalue weighted by atomic mass is 35.5. The number of aromatic nitrogens is 2. The predicted octanol–water partition coefficient (Wildman–Crippen LogP) is 4.46. The number of alkyl halides is 1. The summed E-state index contributed by atoms with van der Waals surface area (Å²) >= 11 is 6.18. The van der Waals surface area contributed by atoms with Crippen LogP contribution in [0.1, 0.15) is 38.0 Å². The predicted molar refractivity (Wildman–Crippen MR) is 79.7 cm³/mol. The van der Waals surface area contributed by atoms with Gasteiger partial charge < -0.3 is 9.30 Å². The number of halogens is 3. The van der Waals surface area contributed by atoms with Gasteiger partial charge in [-0.05, 0) is 25.0 Å². The number of benzene rings is 1. The Morgan fingerprint density at radius 3 is 2.48 bits per heavy atom. The first-order valence-electron chi connectivity index (χ1n) is 6.87. The lowest BCUT2D eigenvalue weighted by Gasteiger charge is -2.25. The van der Waals surface area contributed by atoms with Crippen molar-refractivity contribution in [2.45, 2.75) is 32.2 Å². The van der Waals surface area contributed by atoms with Gasteiger partial charge in [-0.2, -0.15) is 0 Å². The molecule has 0 aliphatic rings. The number of hydrogen-bond acceptors (Lipinski definition) is 2. The summed E-state index contributed by atoms with van der Waals surface area (Å²) < 4.78 is 34.8. The van der Waals surface area contributed by atoms with Gasteiger partial charge in [0, 0.05) is 7.11 Å². The molecule has 21 heavy (non-hydrogen) atoms. The number of fused-ring (bicyclic) bond motifs is 1. The zero-order valence-corrected chi connectivity index (χ0v) is 13.3. The van der Waals surface area contributed by atoms with E-state index in [1.807, 2.05) is 13.8 Å². The van der Waals surface area contributed by atoms with E-state index in [0.29, 0.717) is 17.9 Å². The minimum atomic E-state index is -0.898. The highest BCUT2D eigenvalue weighted by molar-refractivity contribution is 6.20. The van der Waals surface area contributed by atoms with Crippen LogP contribution in [0.4, 0.5) is 8.78 Å². The van der Waals surface area contributed by atoms with Crippen LogP contribution in [-0.2, 0) is 4.74 Å². The van der Waals surface area contributed by atoms with Crippen LogP contribution in [0.3, 0.4) is 0 Å². The Kier molecular flexibility index (Phi) is 4.84. The summed E-state index contributed by atoms with van der Waals surface area (Å²) in [4.78, 5) is 4.37. The van der Waals surface area contributed by atoms with Crippen LogP contribution in [0.25, 0.3) is 11.0 Å². The Morgan fingerprint density at radius 1 is 1.29 bits per heavy atom. The summed E-state index contributed by atoms with van der Waals surface area (Å²) in [6.07, 6.45) is 0. The molecule has 1 heterocycles. The topological polar surface area (TPSA) is 27.1 Å². The lowest BCUT2D eigenvalue weighted by Crippen LogP contribution is -2.23. The van der Waals surface area contributed by atoms with Crippen molar-refractivity contribution >= 4 is 22.6 Å². The van der Waals surface area contributed by atoms with Crippen LogP contribution in [0.15, 0.2) is 12.1 Å². The smallest absolute Gasteiger partial charge is 0.184 e. The lowest BCUT2D eigenvalue weighted by atomic mass is 10.0. The van der Waals surface area contributed by atoms with Gasteiger partial charge in [-0.25, -0.2) is 13.8 Å². The van der Waals surface area contributed by atoms with Crippen molar-refractivity contribution in [3.05, 3.63) is 29.6 Å². The number of ether oxygens (including phenoxy) is 1. The molecule has 1 aromatic carbocycles. The third-order valence-corrected chi connectivity index (χ3v) is 3.76. The van der Waals surface area contributed by atoms with E-state index < -0.39 is 17.0 Å². The standard InChI is InChI=1S/C15H19ClF2N2O/c1-8(2)12(7-21-4)20-14-11(19-15(20)9(3)16)6-5-10(17)13(14)18/h5-6,8-9,12H,7H2,1-4H3. The Labute approximate surface area is 127 Å². The maximum Gasteiger partial charge on any atom is 0.184 e. The number of nitrogens with zero attached hydrogens (tertiary/aromatic N) is 2. The van der Waals surface area contributed by atoms with Gasteiger partial charge >= 0.3 is 0 Å². The summed E-state index contributed by atoms with van der Waals surface area (Å²) in [5.41, 5.74) is 0.548. The van der Waals surface area contributed by atoms with Gasteiger partial charge in [0.25, 0.3) is 0 Å². The lowest BCUT2D eigenvalue weighted by molar-refractivity contribution is 0.133. The number of imidazole rings is 1. The maximum atomic E-state index is 14.3. The average Bonchev–Trinajstić information content (AvgIpc) is 2.80. The molecule has 0 aliphatic carbocycles. The molecule has 2 unspecified atom stereocenters. The van der Waals surface area contributed by atoms with E-state index in [9.17, 15) is 8.78 Å². The monoisotopic (exact) mass is 316 g/mol. The van der Waals surface area contributed by atoms with Gasteiger partial charge in [0.2, 0.25) is 0 Å². The van der Waals surface area contributed by atoms with E-state index in [0.717, 1.165) is 6.07 Å². The Bertz CT molecular complexity index is 640. The highest BCUT2D eigenvalue weighted by Crippen LogP contribution is 2.33. The molecule has 0 amide bonds. The number of methoxy groups -OCH3 is 1. The van der Waals surface area contributed by atoms with Crippen LogP contribution in [-0.4, -0.2) is 23.3 Å². The fourth-order valence-corrected chi connectivity index (χ4v) is 2.65. The summed E-state index contributed by atoms with van der Waals surface area (Å²) in [6, 6.07) is 2.38. The molecular weight excluding hydrogens is 298 g/mol. The molecular formula is C15H19ClF2N2O. The fraction of sp³-hybridized carbons (Fsp3) is 0.533. The summed E-state index contributed by atoms with van der Waals surface area (Å²) in [7, 11) is 1.58. The molecule has 1 aromatic heterocycles. The first-order valence-corrected chi connectivity index (χ1v) is 7.31. The first kappa shape index (κ1) is 16.2. The third kappa shape index (κ3) is 2.90. The zero-order chi connectivity index (χ0) is 15.7. The van der Waals surface area contributed by atoms with Gasteiger partial charge in [0.1, 0.15) is 11.3 Å². The molecule has 0 radical (unpaired) electrons. The van der Waals surface area contributed by atoms with Gasteiger partial charge in [-0.1, -0.05) is 13.8 Å². The molecule has 0 saturated heterocycles. The van der Waals surface area contributed by atoms with Gasteiger partial charge in [0.05, 0.1) is 23.5 Å². The molecule has 6 heteroatoms. The molecule has 0 spiro atoms. The molecule has 0 fully saturated rings. The van der Waals surface area contributed by atoms with Crippen molar-refractivity contribution in [2.75, 3.05) is 13.7 Å². The number of hydrogen-bond donors (Lipinski definition) is 0. The second kappa shape index (κ2) is 6.28. The van der Waals surface area contributed by atoms with Crippen LogP contribution in [0.5, 0.6) is 0 Å². The Balaban J connectivity index is 2.78. The van der Waals surface area contributed by atoms with E-state index in [2.05, 4.69) is 4.98 Å². The minimum Gasteiger partial charge on any atom is -0.383 e. The van der Waals surface area contributed by atoms with Gasteiger partial charge in [0.15, 0.2) is 11.6 Å². The molecule has 2 rings (SSSR count). The average molecular weight is 317 g/mol. The molecule has 2 atom stereocenters. The fourth-order valence-electron chi connectivity index (χ4n) is 2.49. The van der Waals surface area contributed by atoms with Gasteiger partial charge in [-0.15, -0.1) is 11.6 Å². The molecule has 3 nitrogen and oxygen atoms in total. The summed E-state index contributed by atoms with van der Waals surface area (Å²) in [5, 5.41) is -0.419. The van der Waals surface area contributed by atoms with Crippen LogP contribution in [0, 0.1) is 17.6 Å². The van der Waals surface area contributed by atoms with Crippen LogP contribution >= 0.6 is 11.6 Å². The summed E-state index contributed by atoms with van der Waals surface area (Å²) in [6.45, 7) is 6.12. The van der Waals surface area contributed by atoms with E-state index in [4.69, 9.17) is 16.3 Å². The number of rotatable bonds is 5. The van der Waals surface area contributed by atoms with E-state index >= 15 is 0 Å². The molecule has 116 valence electrons. The normalized spacial score (nSPS) is 14.9. The van der Waals surface area contributed by atoms with Crippen LogP contribution < -0.4 is 0 Å². The molecule has 0 bridgehead atoms.